The fraction of sp³-hybridized carbons (Fsp3) is 0. The normalized spacial score (nSPS) is 9.67. The number of nitro benzene ring substituents is 1. The van der Waals surface area contributed by atoms with Gasteiger partial charge in [-0.1, -0.05) is 0 Å². The Morgan fingerprint density at radius 2 is 2.00 bits per heavy atom. The molecule has 0 unspecified atom stereocenters. The summed E-state index contributed by atoms with van der Waals surface area (Å²) in [6.07, 6.45) is 0. The molecule has 0 atom stereocenters. The second-order valence-electron chi connectivity index (χ2n) is 2.16. The highest BCUT2D eigenvalue weighted by Gasteiger charge is 2.12. The Hall–Kier alpha value is -1.98. The molecular formula is C6H6N2O4. The smallest absolute Gasteiger partial charge is 0.275 e. The fourth-order valence-electron chi connectivity index (χ4n) is 0.731. The van der Waals surface area contributed by atoms with E-state index in [1.165, 1.54) is 0 Å². The number of benzene rings is 1. The minimum atomic E-state index is -0.713. The third-order valence-corrected chi connectivity index (χ3v) is 1.31. The topological polar surface area (TPSA) is 110 Å². The van der Waals surface area contributed by atoms with Gasteiger partial charge in [-0.2, -0.15) is 0 Å². The van der Waals surface area contributed by atoms with E-state index in [2.05, 4.69) is 0 Å². The van der Waals surface area contributed by atoms with Crippen LogP contribution in [0.25, 0.3) is 0 Å². The summed E-state index contributed by atoms with van der Waals surface area (Å²) in [5.74, 6) is -1.14. The minimum Gasteiger partial charge on any atom is -0.504 e. The SMILES string of the molecule is Nc1cc([N+](=O)[O-])cc(O)c1O. The maximum absolute atomic E-state index is 10.2. The molecule has 0 spiro atoms. The van der Waals surface area contributed by atoms with E-state index in [9.17, 15) is 10.1 Å². The fourth-order valence-corrected chi connectivity index (χ4v) is 0.731. The lowest BCUT2D eigenvalue weighted by Gasteiger charge is -2.00. The van der Waals surface area contributed by atoms with Gasteiger partial charge in [-0.25, -0.2) is 0 Å². The first-order valence-electron chi connectivity index (χ1n) is 2.98. The Bertz CT molecular complexity index is 313. The number of nitrogen functional groups attached to an aromatic ring is 1. The predicted octanol–water partition coefficient (Wildman–Crippen LogP) is 0.588. The van der Waals surface area contributed by atoms with Gasteiger partial charge in [0.2, 0.25) is 0 Å². The summed E-state index contributed by atoms with van der Waals surface area (Å²) < 4.78 is 0. The van der Waals surface area contributed by atoms with Crippen molar-refractivity contribution >= 4 is 11.4 Å². The molecule has 1 aromatic rings. The number of phenolic OH excluding ortho intramolecular Hbond substituents is 2. The molecule has 0 saturated heterocycles. The molecule has 64 valence electrons. The third kappa shape index (κ3) is 1.22. The van der Waals surface area contributed by atoms with Crippen molar-refractivity contribution < 1.29 is 15.1 Å². The summed E-state index contributed by atoms with van der Waals surface area (Å²) in [6, 6.07) is 1.79. The van der Waals surface area contributed by atoms with Crippen LogP contribution >= 0.6 is 0 Å². The molecule has 0 aromatic heterocycles. The molecule has 0 bridgehead atoms. The van der Waals surface area contributed by atoms with Crippen LogP contribution in [-0.2, 0) is 0 Å². The first kappa shape index (κ1) is 8.12. The van der Waals surface area contributed by atoms with Crippen molar-refractivity contribution in [3.63, 3.8) is 0 Å². The zero-order valence-corrected chi connectivity index (χ0v) is 5.89. The zero-order chi connectivity index (χ0) is 9.30. The largest absolute Gasteiger partial charge is 0.504 e. The summed E-state index contributed by atoms with van der Waals surface area (Å²) in [5, 5.41) is 28.0. The molecule has 12 heavy (non-hydrogen) atoms. The van der Waals surface area contributed by atoms with Crippen LogP contribution in [0.2, 0.25) is 0 Å². The standard InChI is InChI=1S/C6H6N2O4/c7-4-1-3(8(11)12)2-5(9)6(4)10/h1-2,9-10H,7H2. The van der Waals surface area contributed by atoms with Crippen LogP contribution in [0.15, 0.2) is 12.1 Å². The lowest BCUT2D eigenvalue weighted by Crippen LogP contribution is -1.91. The molecule has 1 rings (SSSR count). The number of nitrogens with zero attached hydrogens (tertiary/aromatic N) is 1. The van der Waals surface area contributed by atoms with Gasteiger partial charge in [0.15, 0.2) is 11.5 Å². The molecule has 0 aliphatic carbocycles. The number of non-ortho nitro benzene ring substituents is 1. The number of phenols is 2. The van der Waals surface area contributed by atoms with E-state index < -0.39 is 16.4 Å². The first-order valence-corrected chi connectivity index (χ1v) is 2.98. The molecule has 0 radical (unpaired) electrons. The number of nitrogens with two attached hydrogens (primary N) is 1. The third-order valence-electron chi connectivity index (χ3n) is 1.31. The van der Waals surface area contributed by atoms with Crippen LogP contribution in [0.5, 0.6) is 11.5 Å². The number of hydrogen-bond acceptors (Lipinski definition) is 5. The molecule has 0 fully saturated rings. The van der Waals surface area contributed by atoms with Crippen LogP contribution < -0.4 is 5.73 Å². The summed E-state index contributed by atoms with van der Waals surface area (Å²) in [5.41, 5.74) is 4.57. The number of anilines is 1. The zero-order valence-electron chi connectivity index (χ0n) is 5.89. The number of aromatic hydroxyl groups is 2. The van der Waals surface area contributed by atoms with Crippen molar-refractivity contribution in [2.24, 2.45) is 0 Å². The van der Waals surface area contributed by atoms with Crippen LogP contribution in [0.4, 0.5) is 11.4 Å². The first-order chi connectivity index (χ1) is 5.52. The van der Waals surface area contributed by atoms with Crippen molar-refractivity contribution in [1.29, 1.82) is 0 Å². The van der Waals surface area contributed by atoms with E-state index in [1.54, 1.807) is 0 Å². The summed E-state index contributed by atoms with van der Waals surface area (Å²) in [6.45, 7) is 0. The highest BCUT2D eigenvalue weighted by Crippen LogP contribution is 2.34. The van der Waals surface area contributed by atoms with E-state index in [1.807, 2.05) is 0 Å². The molecule has 1 aromatic carbocycles. The van der Waals surface area contributed by atoms with Gasteiger partial charge in [-0.05, 0) is 0 Å². The molecule has 0 aliphatic rings. The Morgan fingerprint density at radius 3 is 2.42 bits per heavy atom. The van der Waals surface area contributed by atoms with Crippen LogP contribution in [0, 0.1) is 10.1 Å². The quantitative estimate of drug-likeness (QED) is 0.247. The summed E-state index contributed by atoms with van der Waals surface area (Å²) >= 11 is 0. The number of nitro groups is 1. The van der Waals surface area contributed by atoms with Gasteiger partial charge in [0.25, 0.3) is 5.69 Å². The monoisotopic (exact) mass is 170 g/mol. The summed E-state index contributed by atoms with van der Waals surface area (Å²) in [4.78, 5) is 9.46. The maximum Gasteiger partial charge on any atom is 0.275 e. The molecule has 6 heteroatoms. The number of rotatable bonds is 1. The number of hydrogen-bond donors (Lipinski definition) is 3. The highest BCUT2D eigenvalue weighted by atomic mass is 16.6. The Balaban J connectivity index is 3.31. The van der Waals surface area contributed by atoms with Crippen molar-refractivity contribution in [3.8, 4) is 11.5 Å². The van der Waals surface area contributed by atoms with Gasteiger partial charge in [0.05, 0.1) is 16.7 Å². The molecule has 0 heterocycles. The average Bonchev–Trinajstić information content (AvgIpc) is 1.99. The average molecular weight is 170 g/mol. The molecule has 6 nitrogen and oxygen atoms in total. The second kappa shape index (κ2) is 2.57. The van der Waals surface area contributed by atoms with Gasteiger partial charge in [0, 0.05) is 6.07 Å². The Labute approximate surface area is 67.0 Å². The molecule has 0 amide bonds. The van der Waals surface area contributed by atoms with E-state index in [0.717, 1.165) is 12.1 Å². The summed E-state index contributed by atoms with van der Waals surface area (Å²) in [7, 11) is 0. The van der Waals surface area contributed by atoms with Crippen molar-refractivity contribution in [3.05, 3.63) is 22.2 Å². The van der Waals surface area contributed by atoms with Crippen molar-refractivity contribution in [1.82, 2.24) is 0 Å². The minimum absolute atomic E-state index is 0.221. The molecule has 0 saturated carbocycles. The van der Waals surface area contributed by atoms with Crippen molar-refractivity contribution in [2.45, 2.75) is 0 Å². The molecular weight excluding hydrogens is 164 g/mol. The van der Waals surface area contributed by atoms with Gasteiger partial charge in [0.1, 0.15) is 0 Å². The molecule has 4 N–H and O–H groups in total. The Morgan fingerprint density at radius 1 is 1.42 bits per heavy atom. The van der Waals surface area contributed by atoms with Gasteiger partial charge in [-0.15, -0.1) is 0 Å². The van der Waals surface area contributed by atoms with Gasteiger partial charge >= 0.3 is 0 Å². The second-order valence-corrected chi connectivity index (χ2v) is 2.16. The highest BCUT2D eigenvalue weighted by molar-refractivity contribution is 5.64. The van der Waals surface area contributed by atoms with Crippen LogP contribution in [0.1, 0.15) is 0 Å². The molecule has 0 aliphatic heterocycles. The van der Waals surface area contributed by atoms with Crippen molar-refractivity contribution in [2.75, 3.05) is 5.73 Å². The van der Waals surface area contributed by atoms with E-state index >= 15 is 0 Å². The van der Waals surface area contributed by atoms with Gasteiger partial charge < -0.3 is 15.9 Å². The van der Waals surface area contributed by atoms with Gasteiger partial charge in [-0.3, -0.25) is 10.1 Å². The maximum atomic E-state index is 10.2. The lowest BCUT2D eigenvalue weighted by molar-refractivity contribution is -0.384. The van der Waals surface area contributed by atoms with E-state index in [4.69, 9.17) is 15.9 Å². The van der Waals surface area contributed by atoms with Crippen LogP contribution in [0.3, 0.4) is 0 Å². The lowest BCUT2D eigenvalue weighted by atomic mass is 10.2. The predicted molar refractivity (Wildman–Crippen MR) is 40.8 cm³/mol. The Kier molecular flexibility index (Phi) is 1.74. The van der Waals surface area contributed by atoms with E-state index in [0.29, 0.717) is 0 Å². The van der Waals surface area contributed by atoms with Crippen LogP contribution in [-0.4, -0.2) is 15.1 Å². The van der Waals surface area contributed by atoms with E-state index in [-0.39, 0.29) is 11.4 Å².